The van der Waals surface area contributed by atoms with E-state index in [1.807, 2.05) is 19.1 Å². The first kappa shape index (κ1) is 14.6. The molecule has 0 spiro atoms. The Kier molecular flexibility index (Phi) is 3.85. The molecule has 2 heterocycles. The fraction of sp³-hybridized carbons (Fsp3) is 0.188. The van der Waals surface area contributed by atoms with Gasteiger partial charge in [-0.3, -0.25) is 9.59 Å². The van der Waals surface area contributed by atoms with Crippen molar-refractivity contribution >= 4 is 34.3 Å². The number of hydrogen-bond donors (Lipinski definition) is 2. The summed E-state index contributed by atoms with van der Waals surface area (Å²) in [6, 6.07) is 8.76. The lowest BCUT2D eigenvalue weighted by Crippen LogP contribution is -2.25. The predicted molar refractivity (Wildman–Crippen MR) is 86.9 cm³/mol. The first-order valence-corrected chi connectivity index (χ1v) is 7.80. The van der Waals surface area contributed by atoms with Gasteiger partial charge in [-0.1, -0.05) is 43.0 Å². The standard InChI is InChI=1S/C16H14N2O3S/c1-2-10-8-11-13(19)12(15(21)18-16(11)22-10)14(20)17-9-6-4-3-5-7-9/h3-8,10,19H,2H2,1H3,(H,17,20). The van der Waals surface area contributed by atoms with E-state index in [1.165, 1.54) is 11.8 Å². The van der Waals surface area contributed by atoms with Crippen molar-refractivity contribution in [2.24, 2.45) is 4.99 Å². The average molecular weight is 314 g/mol. The quantitative estimate of drug-likeness (QED) is 0.841. The van der Waals surface area contributed by atoms with Crippen LogP contribution >= 0.6 is 11.8 Å². The number of hydrogen-bond acceptors (Lipinski definition) is 4. The number of nitrogens with one attached hydrogen (secondary N) is 1. The van der Waals surface area contributed by atoms with E-state index in [9.17, 15) is 14.7 Å². The molecule has 1 unspecified atom stereocenters. The SMILES string of the molecule is CCC1C=C2C(=NC(=O)C(C(=O)Nc3ccccc3)=C2O)S1. The topological polar surface area (TPSA) is 78.8 Å². The predicted octanol–water partition coefficient (Wildman–Crippen LogP) is 2.83. The van der Waals surface area contributed by atoms with E-state index in [4.69, 9.17) is 0 Å². The van der Waals surface area contributed by atoms with Crippen LogP contribution in [-0.2, 0) is 9.59 Å². The third kappa shape index (κ3) is 2.57. The molecule has 0 fully saturated rings. The normalized spacial score (nSPS) is 20.4. The highest BCUT2D eigenvalue weighted by molar-refractivity contribution is 8.15. The van der Waals surface area contributed by atoms with E-state index in [0.717, 1.165) is 6.42 Å². The van der Waals surface area contributed by atoms with Gasteiger partial charge in [-0.05, 0) is 18.6 Å². The zero-order chi connectivity index (χ0) is 15.7. The second kappa shape index (κ2) is 5.81. The maximum absolute atomic E-state index is 12.3. The molecule has 0 aromatic heterocycles. The number of benzene rings is 1. The number of carbonyl (C=O) groups is 2. The molecule has 0 bridgehead atoms. The number of anilines is 1. The van der Waals surface area contributed by atoms with Crippen LogP contribution in [0, 0.1) is 0 Å². The summed E-state index contributed by atoms with van der Waals surface area (Å²) in [5, 5.41) is 13.6. The Morgan fingerprint density at radius 1 is 1.36 bits per heavy atom. The van der Waals surface area contributed by atoms with Gasteiger partial charge in [0.1, 0.15) is 16.4 Å². The van der Waals surface area contributed by atoms with Gasteiger partial charge >= 0.3 is 0 Å². The van der Waals surface area contributed by atoms with Gasteiger partial charge < -0.3 is 10.4 Å². The average Bonchev–Trinajstić information content (AvgIpc) is 2.91. The summed E-state index contributed by atoms with van der Waals surface area (Å²) in [5.41, 5.74) is 0.724. The Morgan fingerprint density at radius 3 is 2.77 bits per heavy atom. The number of aliphatic hydroxyl groups excluding tert-OH is 1. The number of nitrogens with zero attached hydrogens (tertiary/aromatic N) is 1. The van der Waals surface area contributed by atoms with Crippen LogP contribution in [-0.4, -0.2) is 27.2 Å². The van der Waals surface area contributed by atoms with Gasteiger partial charge in [0, 0.05) is 16.5 Å². The van der Waals surface area contributed by atoms with E-state index < -0.39 is 11.8 Å². The van der Waals surface area contributed by atoms with Crippen molar-refractivity contribution in [1.29, 1.82) is 0 Å². The van der Waals surface area contributed by atoms with Crippen molar-refractivity contribution in [2.75, 3.05) is 5.32 Å². The van der Waals surface area contributed by atoms with Gasteiger partial charge in [-0.25, -0.2) is 4.99 Å². The molecule has 2 amide bonds. The van der Waals surface area contributed by atoms with Crippen molar-refractivity contribution in [1.82, 2.24) is 0 Å². The molecule has 2 N–H and O–H groups in total. The van der Waals surface area contributed by atoms with E-state index in [0.29, 0.717) is 16.3 Å². The molecule has 6 heteroatoms. The minimum absolute atomic E-state index is 0.167. The van der Waals surface area contributed by atoms with Crippen LogP contribution in [0.5, 0.6) is 0 Å². The summed E-state index contributed by atoms with van der Waals surface area (Å²) in [5.74, 6) is -1.64. The largest absolute Gasteiger partial charge is 0.506 e. The molecule has 2 aliphatic rings. The lowest BCUT2D eigenvalue weighted by Gasteiger charge is -2.14. The van der Waals surface area contributed by atoms with Crippen LogP contribution in [0.25, 0.3) is 0 Å². The molecule has 22 heavy (non-hydrogen) atoms. The van der Waals surface area contributed by atoms with E-state index in [-0.39, 0.29) is 16.6 Å². The van der Waals surface area contributed by atoms with Crippen LogP contribution < -0.4 is 5.32 Å². The van der Waals surface area contributed by atoms with Crippen molar-refractivity contribution in [3.63, 3.8) is 0 Å². The van der Waals surface area contributed by atoms with E-state index in [1.54, 1.807) is 24.3 Å². The van der Waals surface area contributed by atoms with Crippen LogP contribution in [0.3, 0.4) is 0 Å². The minimum Gasteiger partial charge on any atom is -0.506 e. The Morgan fingerprint density at radius 2 is 2.09 bits per heavy atom. The van der Waals surface area contributed by atoms with Crippen LogP contribution in [0.2, 0.25) is 0 Å². The third-order valence-electron chi connectivity index (χ3n) is 3.42. The van der Waals surface area contributed by atoms with Gasteiger partial charge in [-0.2, -0.15) is 0 Å². The molecule has 1 aromatic rings. The third-order valence-corrected chi connectivity index (χ3v) is 4.72. The summed E-state index contributed by atoms with van der Waals surface area (Å²) >= 11 is 1.43. The summed E-state index contributed by atoms with van der Waals surface area (Å²) in [6.07, 6.45) is 2.71. The van der Waals surface area contributed by atoms with Crippen LogP contribution in [0.1, 0.15) is 13.3 Å². The first-order valence-electron chi connectivity index (χ1n) is 6.92. The Labute approximate surface area is 131 Å². The van der Waals surface area contributed by atoms with Crippen molar-refractivity contribution in [2.45, 2.75) is 18.6 Å². The second-order valence-corrected chi connectivity index (χ2v) is 6.14. The van der Waals surface area contributed by atoms with Gasteiger partial charge in [0.2, 0.25) is 0 Å². The van der Waals surface area contributed by atoms with Gasteiger partial charge in [0.15, 0.2) is 0 Å². The van der Waals surface area contributed by atoms with Crippen molar-refractivity contribution < 1.29 is 14.7 Å². The Bertz CT molecular complexity index is 735. The molecule has 0 saturated heterocycles. The molecule has 1 aromatic carbocycles. The minimum atomic E-state index is -0.706. The molecule has 0 radical (unpaired) electrons. The molecule has 3 rings (SSSR count). The van der Waals surface area contributed by atoms with E-state index in [2.05, 4.69) is 10.3 Å². The van der Waals surface area contributed by atoms with E-state index >= 15 is 0 Å². The van der Waals surface area contributed by atoms with Crippen LogP contribution in [0.15, 0.2) is 58.3 Å². The number of aliphatic imine (C=N–C) groups is 1. The summed E-state index contributed by atoms with van der Waals surface area (Å²) in [7, 11) is 0. The summed E-state index contributed by atoms with van der Waals surface area (Å²) in [6.45, 7) is 2.01. The number of amides is 2. The summed E-state index contributed by atoms with van der Waals surface area (Å²) < 4.78 is 0. The van der Waals surface area contributed by atoms with Crippen molar-refractivity contribution in [3.8, 4) is 0 Å². The smallest absolute Gasteiger partial charge is 0.287 e. The Balaban J connectivity index is 1.91. The number of allylic oxidation sites excluding steroid dienone is 1. The number of carbonyl (C=O) groups excluding carboxylic acids is 2. The lowest BCUT2D eigenvalue weighted by molar-refractivity contribution is -0.119. The van der Waals surface area contributed by atoms with Gasteiger partial charge in [-0.15, -0.1) is 0 Å². The van der Waals surface area contributed by atoms with Gasteiger partial charge in [0.25, 0.3) is 11.8 Å². The van der Waals surface area contributed by atoms with Crippen molar-refractivity contribution in [3.05, 3.63) is 53.3 Å². The molecular formula is C16H14N2O3S. The lowest BCUT2D eigenvalue weighted by atomic mass is 10.0. The fourth-order valence-electron chi connectivity index (χ4n) is 2.27. The monoisotopic (exact) mass is 314 g/mol. The maximum Gasteiger partial charge on any atom is 0.287 e. The van der Waals surface area contributed by atoms with Crippen LogP contribution in [0.4, 0.5) is 5.69 Å². The van der Waals surface area contributed by atoms with Gasteiger partial charge in [0.05, 0.1) is 0 Å². The number of fused-ring (bicyclic) bond motifs is 1. The molecule has 2 aliphatic heterocycles. The number of para-hydroxylation sites is 1. The number of thioether (sulfide) groups is 1. The molecule has 0 aliphatic carbocycles. The molecule has 112 valence electrons. The molecule has 5 nitrogen and oxygen atoms in total. The second-order valence-electron chi connectivity index (χ2n) is 4.91. The molecule has 0 saturated carbocycles. The highest BCUT2D eigenvalue weighted by Gasteiger charge is 2.35. The highest BCUT2D eigenvalue weighted by Crippen LogP contribution is 2.37. The summed E-state index contributed by atoms with van der Waals surface area (Å²) in [4.78, 5) is 28.3. The molecule has 1 atom stereocenters. The fourth-order valence-corrected chi connectivity index (χ4v) is 3.35. The zero-order valence-corrected chi connectivity index (χ0v) is 12.7. The zero-order valence-electron chi connectivity index (χ0n) is 11.9. The number of rotatable bonds is 3. The first-order chi connectivity index (χ1) is 10.6. The molecular weight excluding hydrogens is 300 g/mol. The highest BCUT2D eigenvalue weighted by atomic mass is 32.2. The number of dihydropyridines is 1. The maximum atomic E-state index is 12.3. The Hall–Kier alpha value is -2.34. The number of aliphatic hydroxyl groups is 1.